The Kier molecular flexibility index (Phi) is 6.10. The van der Waals surface area contributed by atoms with Crippen LogP contribution in [-0.4, -0.2) is 22.7 Å². The van der Waals surface area contributed by atoms with Gasteiger partial charge in [0.05, 0.1) is 12.2 Å². The standard InChI is InChI=1S/C16H24INO/c1-3-7-14-15(10-17)19-12(2)16(14)18-11-13-8-5-4-6-9-13/h4-6,8-9,12,14-16,18H,3,7,10-11H2,1-2H3/t12-,14+,15+,16-/m0/s1. The van der Waals surface area contributed by atoms with Crippen molar-refractivity contribution in [2.45, 2.75) is 51.5 Å². The van der Waals surface area contributed by atoms with E-state index in [1.165, 1.54) is 18.4 Å². The number of ether oxygens (including phenoxy) is 1. The van der Waals surface area contributed by atoms with Gasteiger partial charge in [0, 0.05) is 22.9 Å². The number of hydrogen-bond donors (Lipinski definition) is 1. The summed E-state index contributed by atoms with van der Waals surface area (Å²) in [6.45, 7) is 5.41. The molecular formula is C16H24INO. The van der Waals surface area contributed by atoms with Crippen molar-refractivity contribution in [2.24, 2.45) is 5.92 Å². The first-order valence-electron chi connectivity index (χ1n) is 7.25. The van der Waals surface area contributed by atoms with Gasteiger partial charge < -0.3 is 10.1 Å². The van der Waals surface area contributed by atoms with E-state index in [-0.39, 0.29) is 0 Å². The molecule has 1 aliphatic heterocycles. The normalized spacial score (nSPS) is 30.7. The monoisotopic (exact) mass is 373 g/mol. The predicted molar refractivity (Wildman–Crippen MR) is 88.7 cm³/mol. The molecule has 0 aliphatic carbocycles. The van der Waals surface area contributed by atoms with Gasteiger partial charge in [0.15, 0.2) is 0 Å². The molecule has 4 atom stereocenters. The third-order valence-electron chi connectivity index (χ3n) is 3.99. The summed E-state index contributed by atoms with van der Waals surface area (Å²) in [5.41, 5.74) is 1.35. The Labute approximate surface area is 130 Å². The van der Waals surface area contributed by atoms with Crippen LogP contribution < -0.4 is 5.32 Å². The van der Waals surface area contributed by atoms with Gasteiger partial charge in [-0.25, -0.2) is 0 Å². The summed E-state index contributed by atoms with van der Waals surface area (Å²) in [4.78, 5) is 0. The molecule has 1 N–H and O–H groups in total. The van der Waals surface area contributed by atoms with Gasteiger partial charge in [-0.15, -0.1) is 0 Å². The van der Waals surface area contributed by atoms with Crippen molar-refractivity contribution in [3.05, 3.63) is 35.9 Å². The molecule has 2 nitrogen and oxygen atoms in total. The zero-order valence-electron chi connectivity index (χ0n) is 11.8. The van der Waals surface area contributed by atoms with Crippen LogP contribution in [0, 0.1) is 5.92 Å². The lowest BCUT2D eigenvalue weighted by atomic mass is 9.90. The van der Waals surface area contributed by atoms with Crippen LogP contribution in [0.3, 0.4) is 0 Å². The Balaban J connectivity index is 1.96. The Morgan fingerprint density at radius 1 is 1.26 bits per heavy atom. The second-order valence-corrected chi connectivity index (χ2v) is 6.26. The first-order chi connectivity index (χ1) is 9.26. The average Bonchev–Trinajstić information content (AvgIpc) is 2.74. The van der Waals surface area contributed by atoms with E-state index in [1.807, 2.05) is 0 Å². The summed E-state index contributed by atoms with van der Waals surface area (Å²) < 4.78 is 7.20. The van der Waals surface area contributed by atoms with Crippen molar-refractivity contribution in [3.63, 3.8) is 0 Å². The molecule has 2 rings (SSSR count). The highest BCUT2D eigenvalue weighted by molar-refractivity contribution is 14.1. The van der Waals surface area contributed by atoms with Crippen LogP contribution in [0.15, 0.2) is 30.3 Å². The SMILES string of the molecule is CCC[C@H]1[C@@H](NCc2ccccc2)[C@H](C)O[C@@H]1CI. The molecule has 1 heterocycles. The summed E-state index contributed by atoms with van der Waals surface area (Å²) in [6, 6.07) is 11.1. The maximum atomic E-state index is 6.11. The fourth-order valence-electron chi connectivity index (χ4n) is 3.04. The van der Waals surface area contributed by atoms with Gasteiger partial charge in [-0.1, -0.05) is 66.3 Å². The second kappa shape index (κ2) is 7.60. The summed E-state index contributed by atoms with van der Waals surface area (Å²) in [5.74, 6) is 0.653. The molecule has 106 valence electrons. The topological polar surface area (TPSA) is 21.3 Å². The Morgan fingerprint density at radius 3 is 2.63 bits per heavy atom. The van der Waals surface area contributed by atoms with Crippen molar-refractivity contribution < 1.29 is 4.74 Å². The average molecular weight is 373 g/mol. The fraction of sp³-hybridized carbons (Fsp3) is 0.625. The maximum Gasteiger partial charge on any atom is 0.0712 e. The fourth-order valence-corrected chi connectivity index (χ4v) is 3.90. The van der Waals surface area contributed by atoms with E-state index in [4.69, 9.17) is 4.74 Å². The Morgan fingerprint density at radius 2 is 2.00 bits per heavy atom. The van der Waals surface area contributed by atoms with Gasteiger partial charge in [-0.05, 0) is 18.9 Å². The van der Waals surface area contributed by atoms with E-state index in [9.17, 15) is 0 Å². The van der Waals surface area contributed by atoms with Crippen LogP contribution in [0.4, 0.5) is 0 Å². The molecule has 1 saturated heterocycles. The predicted octanol–water partition coefficient (Wildman–Crippen LogP) is 3.78. The minimum Gasteiger partial charge on any atom is -0.372 e. The maximum absolute atomic E-state index is 6.11. The third kappa shape index (κ3) is 3.92. The van der Waals surface area contributed by atoms with Crippen molar-refractivity contribution in [2.75, 3.05) is 4.43 Å². The number of benzene rings is 1. The highest BCUT2D eigenvalue weighted by atomic mass is 127. The van der Waals surface area contributed by atoms with E-state index in [2.05, 4.69) is 72.1 Å². The molecule has 0 amide bonds. The van der Waals surface area contributed by atoms with Crippen LogP contribution in [0.5, 0.6) is 0 Å². The number of rotatable bonds is 6. The lowest BCUT2D eigenvalue weighted by Crippen LogP contribution is -2.40. The molecule has 1 aromatic carbocycles. The summed E-state index contributed by atoms with van der Waals surface area (Å²) >= 11 is 2.45. The summed E-state index contributed by atoms with van der Waals surface area (Å²) in [5, 5.41) is 3.72. The first-order valence-corrected chi connectivity index (χ1v) is 8.77. The molecule has 19 heavy (non-hydrogen) atoms. The molecule has 0 bridgehead atoms. The van der Waals surface area contributed by atoms with Gasteiger partial charge in [0.25, 0.3) is 0 Å². The van der Waals surface area contributed by atoms with Crippen molar-refractivity contribution in [1.29, 1.82) is 0 Å². The Hall–Kier alpha value is -0.130. The number of halogens is 1. The number of alkyl halides is 1. The van der Waals surface area contributed by atoms with E-state index in [0.717, 1.165) is 11.0 Å². The zero-order chi connectivity index (χ0) is 13.7. The van der Waals surface area contributed by atoms with Crippen LogP contribution in [0.25, 0.3) is 0 Å². The molecule has 1 aliphatic rings. The molecule has 1 fully saturated rings. The molecule has 0 saturated carbocycles. The van der Waals surface area contributed by atoms with Gasteiger partial charge in [-0.3, -0.25) is 0 Å². The van der Waals surface area contributed by atoms with Crippen molar-refractivity contribution in [3.8, 4) is 0 Å². The molecule has 0 spiro atoms. The lowest BCUT2D eigenvalue weighted by molar-refractivity contribution is 0.0562. The smallest absolute Gasteiger partial charge is 0.0712 e. The molecule has 1 aromatic rings. The lowest BCUT2D eigenvalue weighted by Gasteiger charge is -2.23. The molecule has 0 unspecified atom stereocenters. The third-order valence-corrected chi connectivity index (χ3v) is 4.86. The van der Waals surface area contributed by atoms with E-state index in [0.29, 0.717) is 24.2 Å². The van der Waals surface area contributed by atoms with Crippen LogP contribution in [-0.2, 0) is 11.3 Å². The molecular weight excluding hydrogens is 349 g/mol. The second-order valence-electron chi connectivity index (χ2n) is 5.38. The zero-order valence-corrected chi connectivity index (χ0v) is 14.0. The minimum absolute atomic E-state index is 0.319. The first kappa shape index (κ1) is 15.3. The van der Waals surface area contributed by atoms with Gasteiger partial charge >= 0.3 is 0 Å². The van der Waals surface area contributed by atoms with Gasteiger partial charge in [-0.2, -0.15) is 0 Å². The van der Waals surface area contributed by atoms with E-state index < -0.39 is 0 Å². The van der Waals surface area contributed by atoms with Crippen LogP contribution in [0.1, 0.15) is 32.3 Å². The van der Waals surface area contributed by atoms with E-state index in [1.54, 1.807) is 0 Å². The minimum atomic E-state index is 0.319. The molecule has 3 heteroatoms. The van der Waals surface area contributed by atoms with Gasteiger partial charge in [0.2, 0.25) is 0 Å². The largest absolute Gasteiger partial charge is 0.372 e. The van der Waals surface area contributed by atoms with Crippen LogP contribution in [0.2, 0.25) is 0 Å². The van der Waals surface area contributed by atoms with E-state index >= 15 is 0 Å². The number of hydrogen-bond acceptors (Lipinski definition) is 2. The van der Waals surface area contributed by atoms with Crippen molar-refractivity contribution >= 4 is 22.6 Å². The highest BCUT2D eigenvalue weighted by Crippen LogP contribution is 2.32. The number of nitrogens with one attached hydrogen (secondary N) is 1. The Bertz CT molecular complexity index is 370. The molecule has 0 aromatic heterocycles. The van der Waals surface area contributed by atoms with Crippen LogP contribution >= 0.6 is 22.6 Å². The molecule has 0 radical (unpaired) electrons. The summed E-state index contributed by atoms with van der Waals surface area (Å²) in [6.07, 6.45) is 3.23. The highest BCUT2D eigenvalue weighted by Gasteiger charge is 2.40. The quantitative estimate of drug-likeness (QED) is 0.605. The summed E-state index contributed by atoms with van der Waals surface area (Å²) in [7, 11) is 0. The van der Waals surface area contributed by atoms with Crippen molar-refractivity contribution in [1.82, 2.24) is 5.32 Å². The van der Waals surface area contributed by atoms with Gasteiger partial charge in [0.1, 0.15) is 0 Å².